The quantitative estimate of drug-likeness (QED) is 0.777. The third-order valence-electron chi connectivity index (χ3n) is 1.72. The number of hydrogen-bond donors (Lipinski definition) is 2. The Morgan fingerprint density at radius 2 is 2.25 bits per heavy atom. The fourth-order valence-corrected chi connectivity index (χ4v) is 0.994. The van der Waals surface area contributed by atoms with Crippen molar-refractivity contribution >= 4 is 17.7 Å². The molecule has 0 aromatic carbocycles. The molecule has 0 spiro atoms. The van der Waals surface area contributed by atoms with Gasteiger partial charge in [-0.25, -0.2) is 4.98 Å². The number of amides is 1. The van der Waals surface area contributed by atoms with Crippen LogP contribution < -0.4 is 5.32 Å². The number of aliphatic carboxylic acids is 1. The van der Waals surface area contributed by atoms with E-state index in [-0.39, 0.29) is 18.7 Å². The summed E-state index contributed by atoms with van der Waals surface area (Å²) < 4.78 is 0. The average molecular weight is 219 g/mol. The zero-order valence-electron chi connectivity index (χ0n) is 8.30. The van der Waals surface area contributed by atoms with Crippen molar-refractivity contribution in [2.45, 2.75) is 12.8 Å². The second-order valence-corrected chi connectivity index (χ2v) is 2.98. The third-order valence-corrected chi connectivity index (χ3v) is 1.72. The largest absolute Gasteiger partial charge is 0.481 e. The summed E-state index contributed by atoms with van der Waals surface area (Å²) in [6, 6.07) is 4.83. The second-order valence-electron chi connectivity index (χ2n) is 2.98. The van der Waals surface area contributed by atoms with Crippen LogP contribution in [0.25, 0.3) is 0 Å². The first-order valence-corrected chi connectivity index (χ1v) is 4.49. The van der Waals surface area contributed by atoms with E-state index in [4.69, 9.17) is 10.4 Å². The Balaban J connectivity index is 2.56. The normalized spacial score (nSPS) is 9.19. The molecule has 16 heavy (non-hydrogen) atoms. The summed E-state index contributed by atoms with van der Waals surface area (Å²) in [4.78, 5) is 25.3. The van der Waals surface area contributed by atoms with Crippen molar-refractivity contribution in [3.63, 3.8) is 0 Å². The monoisotopic (exact) mass is 219 g/mol. The lowest BCUT2D eigenvalue weighted by Gasteiger charge is -2.02. The molecule has 1 amide bonds. The Kier molecular flexibility index (Phi) is 3.98. The van der Waals surface area contributed by atoms with Gasteiger partial charge in [0.15, 0.2) is 0 Å². The maximum Gasteiger partial charge on any atom is 0.303 e. The van der Waals surface area contributed by atoms with E-state index in [9.17, 15) is 9.59 Å². The summed E-state index contributed by atoms with van der Waals surface area (Å²) in [5.41, 5.74) is 0.378. The molecular formula is C10H9N3O3. The molecular weight excluding hydrogens is 210 g/mol. The molecule has 1 aromatic heterocycles. The number of rotatable bonds is 4. The molecule has 0 aliphatic rings. The first-order valence-electron chi connectivity index (χ1n) is 4.49. The molecule has 0 saturated heterocycles. The molecule has 0 unspecified atom stereocenters. The van der Waals surface area contributed by atoms with Gasteiger partial charge in [0, 0.05) is 12.6 Å². The van der Waals surface area contributed by atoms with Crippen LogP contribution in [0.15, 0.2) is 18.3 Å². The van der Waals surface area contributed by atoms with E-state index in [0.717, 1.165) is 0 Å². The van der Waals surface area contributed by atoms with Crippen LogP contribution in [-0.2, 0) is 9.59 Å². The number of carbonyl (C=O) groups is 2. The van der Waals surface area contributed by atoms with Gasteiger partial charge >= 0.3 is 5.97 Å². The molecule has 0 saturated carbocycles. The zero-order chi connectivity index (χ0) is 12.0. The smallest absolute Gasteiger partial charge is 0.303 e. The summed E-state index contributed by atoms with van der Waals surface area (Å²) in [7, 11) is 0. The summed E-state index contributed by atoms with van der Waals surface area (Å²) in [5, 5.41) is 19.4. The number of carbonyl (C=O) groups excluding carboxylic acids is 1. The van der Waals surface area contributed by atoms with Crippen LogP contribution in [-0.4, -0.2) is 22.0 Å². The predicted molar refractivity (Wildman–Crippen MR) is 54.5 cm³/mol. The zero-order valence-corrected chi connectivity index (χ0v) is 8.30. The van der Waals surface area contributed by atoms with Gasteiger partial charge < -0.3 is 10.4 Å². The van der Waals surface area contributed by atoms with Gasteiger partial charge in [0.25, 0.3) is 0 Å². The highest BCUT2D eigenvalue weighted by atomic mass is 16.4. The molecule has 0 bridgehead atoms. The van der Waals surface area contributed by atoms with Gasteiger partial charge in [-0.05, 0) is 12.1 Å². The Morgan fingerprint density at radius 3 is 2.88 bits per heavy atom. The van der Waals surface area contributed by atoms with Crippen LogP contribution in [0.3, 0.4) is 0 Å². The molecule has 0 atom stereocenters. The molecule has 6 heteroatoms. The maximum absolute atomic E-state index is 11.2. The Bertz CT molecular complexity index is 451. The number of anilines is 1. The van der Waals surface area contributed by atoms with Crippen molar-refractivity contribution in [2.24, 2.45) is 0 Å². The maximum atomic E-state index is 11.2. The van der Waals surface area contributed by atoms with Crippen molar-refractivity contribution in [1.29, 1.82) is 5.26 Å². The number of nitrogens with zero attached hydrogens (tertiary/aromatic N) is 2. The predicted octanol–water partition coefficient (Wildman–Crippen LogP) is 0.757. The van der Waals surface area contributed by atoms with Crippen LogP contribution in [0.2, 0.25) is 0 Å². The van der Waals surface area contributed by atoms with Crippen molar-refractivity contribution < 1.29 is 14.7 Å². The SMILES string of the molecule is N#Cc1ccnc(NC(=O)CCC(=O)O)c1. The molecule has 2 N–H and O–H groups in total. The van der Waals surface area contributed by atoms with Crippen LogP contribution in [0.4, 0.5) is 5.82 Å². The first kappa shape index (κ1) is 11.7. The van der Waals surface area contributed by atoms with Gasteiger partial charge in [-0.3, -0.25) is 9.59 Å². The molecule has 1 rings (SSSR count). The minimum Gasteiger partial charge on any atom is -0.481 e. The first-order chi connectivity index (χ1) is 7.61. The molecule has 1 aromatic rings. The van der Waals surface area contributed by atoms with E-state index in [2.05, 4.69) is 10.3 Å². The van der Waals surface area contributed by atoms with Gasteiger partial charge in [0.1, 0.15) is 5.82 Å². The highest BCUT2D eigenvalue weighted by Gasteiger charge is 2.06. The lowest BCUT2D eigenvalue weighted by atomic mass is 10.2. The minimum atomic E-state index is -1.03. The van der Waals surface area contributed by atoms with E-state index in [0.29, 0.717) is 5.56 Å². The fraction of sp³-hybridized carbons (Fsp3) is 0.200. The lowest BCUT2D eigenvalue weighted by molar-refractivity contribution is -0.138. The lowest BCUT2D eigenvalue weighted by Crippen LogP contribution is -2.14. The summed E-state index contributed by atoms with van der Waals surface area (Å²) >= 11 is 0. The second kappa shape index (κ2) is 5.46. The Morgan fingerprint density at radius 1 is 1.50 bits per heavy atom. The minimum absolute atomic E-state index is 0.117. The van der Waals surface area contributed by atoms with Crippen molar-refractivity contribution in [2.75, 3.05) is 5.32 Å². The van der Waals surface area contributed by atoms with Crippen molar-refractivity contribution in [3.05, 3.63) is 23.9 Å². The van der Waals surface area contributed by atoms with Gasteiger partial charge in [-0.1, -0.05) is 0 Å². The summed E-state index contributed by atoms with van der Waals surface area (Å²) in [6.07, 6.45) is 1.04. The molecule has 82 valence electrons. The van der Waals surface area contributed by atoms with Crippen LogP contribution in [0.1, 0.15) is 18.4 Å². The van der Waals surface area contributed by atoms with Crippen LogP contribution in [0, 0.1) is 11.3 Å². The van der Waals surface area contributed by atoms with Crippen LogP contribution >= 0.6 is 0 Å². The number of carboxylic acids is 1. The molecule has 0 aliphatic carbocycles. The molecule has 0 fully saturated rings. The average Bonchev–Trinajstić information content (AvgIpc) is 2.26. The van der Waals surface area contributed by atoms with Crippen molar-refractivity contribution in [1.82, 2.24) is 4.98 Å². The number of aromatic nitrogens is 1. The van der Waals surface area contributed by atoms with Gasteiger partial charge in [0.2, 0.25) is 5.91 Å². The van der Waals surface area contributed by atoms with E-state index in [1.54, 1.807) is 0 Å². The third kappa shape index (κ3) is 3.75. The van der Waals surface area contributed by atoms with E-state index in [1.807, 2.05) is 6.07 Å². The Labute approximate surface area is 91.5 Å². The van der Waals surface area contributed by atoms with Crippen molar-refractivity contribution in [3.8, 4) is 6.07 Å². The fourth-order valence-electron chi connectivity index (χ4n) is 0.994. The topological polar surface area (TPSA) is 103 Å². The van der Waals surface area contributed by atoms with E-state index >= 15 is 0 Å². The molecule has 0 radical (unpaired) electrons. The van der Waals surface area contributed by atoms with Gasteiger partial charge in [-0.2, -0.15) is 5.26 Å². The summed E-state index contributed by atoms with van der Waals surface area (Å²) in [6.45, 7) is 0. The Hall–Kier alpha value is -2.42. The highest BCUT2D eigenvalue weighted by Crippen LogP contribution is 2.06. The number of nitrogens with one attached hydrogen (secondary N) is 1. The highest BCUT2D eigenvalue weighted by molar-refractivity contribution is 5.91. The van der Waals surface area contributed by atoms with Crippen LogP contribution in [0.5, 0.6) is 0 Å². The van der Waals surface area contributed by atoms with E-state index in [1.165, 1.54) is 18.3 Å². The standard InChI is InChI=1S/C10H9N3O3/c11-6-7-3-4-12-8(5-7)13-9(14)1-2-10(15)16/h3-5H,1-2H2,(H,15,16)(H,12,13,14). The number of hydrogen-bond acceptors (Lipinski definition) is 4. The van der Waals surface area contributed by atoms with Gasteiger partial charge in [-0.15, -0.1) is 0 Å². The molecule has 0 aliphatic heterocycles. The number of nitriles is 1. The molecule has 1 heterocycles. The summed E-state index contributed by atoms with van der Waals surface area (Å²) in [5.74, 6) is -1.23. The number of pyridine rings is 1. The van der Waals surface area contributed by atoms with Gasteiger partial charge in [0.05, 0.1) is 18.1 Å². The molecule has 6 nitrogen and oxygen atoms in total. The van der Waals surface area contributed by atoms with E-state index < -0.39 is 11.9 Å². The number of carboxylic acid groups (broad SMARTS) is 1.